The van der Waals surface area contributed by atoms with Crippen LogP contribution in [0.25, 0.3) is 0 Å². The largest absolute Gasteiger partial charge is 0.392 e. The highest BCUT2D eigenvalue weighted by Gasteiger charge is 2.20. The van der Waals surface area contributed by atoms with Crippen LogP contribution >= 0.6 is 23.6 Å². The quantitative estimate of drug-likeness (QED) is 0.535. The highest BCUT2D eigenvalue weighted by Crippen LogP contribution is 2.30. The Morgan fingerprint density at radius 1 is 1.39 bits per heavy atom. The first-order chi connectivity index (χ1) is 8.56. The summed E-state index contributed by atoms with van der Waals surface area (Å²) in [5.41, 5.74) is 6.24. The third-order valence-corrected chi connectivity index (χ3v) is 3.66. The van der Waals surface area contributed by atoms with E-state index in [1.165, 1.54) is 16.2 Å². The summed E-state index contributed by atoms with van der Waals surface area (Å²) in [4.78, 5) is 28.5. The number of thiocarbonyl (C=S) groups is 1. The van der Waals surface area contributed by atoms with Gasteiger partial charge in [-0.3, -0.25) is 14.9 Å². The molecule has 8 heteroatoms. The number of rotatable bonds is 3. The molecule has 0 atom stereocenters. The molecule has 1 heterocycles. The zero-order valence-corrected chi connectivity index (χ0v) is 11.1. The van der Waals surface area contributed by atoms with Crippen molar-refractivity contribution < 1.29 is 9.59 Å². The molecule has 1 aromatic heterocycles. The predicted octanol–water partition coefficient (Wildman–Crippen LogP) is -0.0274. The van der Waals surface area contributed by atoms with Crippen molar-refractivity contribution in [2.45, 2.75) is 19.3 Å². The number of fused-ring (bicyclic) bond motifs is 1. The van der Waals surface area contributed by atoms with Crippen LogP contribution in [0.15, 0.2) is 0 Å². The van der Waals surface area contributed by atoms with E-state index in [2.05, 4.69) is 27.8 Å². The van der Waals surface area contributed by atoms with Gasteiger partial charge in [-0.25, -0.2) is 4.98 Å². The van der Waals surface area contributed by atoms with Gasteiger partial charge in [0.15, 0.2) is 5.13 Å². The van der Waals surface area contributed by atoms with E-state index >= 15 is 0 Å². The number of carbonyl (C=O) groups is 2. The molecule has 96 valence electrons. The topological polar surface area (TPSA) is 97.1 Å². The Labute approximate surface area is 113 Å². The molecule has 0 aromatic carbocycles. The van der Waals surface area contributed by atoms with Crippen molar-refractivity contribution in [1.29, 1.82) is 0 Å². The molecule has 1 aliphatic rings. The number of thiazole rings is 1. The maximum absolute atomic E-state index is 11.5. The number of nitrogens with zero attached hydrogens (tertiary/aromatic N) is 1. The van der Waals surface area contributed by atoms with Crippen LogP contribution in [0.3, 0.4) is 0 Å². The number of anilines is 1. The molecule has 2 amide bonds. The van der Waals surface area contributed by atoms with Crippen molar-refractivity contribution in [3.8, 4) is 0 Å². The number of amides is 2. The maximum Gasteiger partial charge on any atom is 0.315 e. The van der Waals surface area contributed by atoms with Crippen LogP contribution in [0.1, 0.15) is 17.0 Å². The third-order valence-electron chi connectivity index (χ3n) is 2.45. The van der Waals surface area contributed by atoms with Gasteiger partial charge in [0.2, 0.25) is 0 Å². The average Bonchev–Trinajstić information content (AvgIpc) is 2.85. The highest BCUT2D eigenvalue weighted by atomic mass is 32.1. The fourth-order valence-corrected chi connectivity index (χ4v) is 2.76. The minimum absolute atomic E-state index is 0.00988. The zero-order chi connectivity index (χ0) is 13.1. The van der Waals surface area contributed by atoms with Gasteiger partial charge < -0.3 is 11.1 Å². The molecule has 1 aliphatic carbocycles. The molecule has 0 radical (unpaired) electrons. The summed E-state index contributed by atoms with van der Waals surface area (Å²) in [6.45, 7) is 0.00988. The lowest BCUT2D eigenvalue weighted by atomic mass is 10.4. The molecule has 0 saturated heterocycles. The Morgan fingerprint density at radius 2 is 2.17 bits per heavy atom. The first kappa shape index (κ1) is 12.9. The summed E-state index contributed by atoms with van der Waals surface area (Å²) in [6, 6.07) is 0. The van der Waals surface area contributed by atoms with Crippen LogP contribution < -0.4 is 16.4 Å². The van der Waals surface area contributed by atoms with Crippen LogP contribution in [0.5, 0.6) is 0 Å². The Balaban J connectivity index is 1.90. The second kappa shape index (κ2) is 5.40. The van der Waals surface area contributed by atoms with E-state index in [1.807, 2.05) is 0 Å². The maximum atomic E-state index is 11.5. The second-order valence-electron chi connectivity index (χ2n) is 3.85. The second-order valence-corrected chi connectivity index (χ2v) is 5.45. The van der Waals surface area contributed by atoms with Crippen LogP contribution in [-0.4, -0.2) is 28.3 Å². The standard InChI is InChI=1S/C10H12N4O2S2/c11-7(17)4-12-8(15)9(16)14-10-13-5-2-1-3-6(5)18-10/h1-4H2,(H2,11,17)(H,12,15)(H,13,14,16). The first-order valence-electron chi connectivity index (χ1n) is 5.42. The van der Waals surface area contributed by atoms with Crippen molar-refractivity contribution in [1.82, 2.24) is 10.3 Å². The van der Waals surface area contributed by atoms with Gasteiger partial charge in [0.1, 0.15) is 0 Å². The van der Waals surface area contributed by atoms with Crippen LogP contribution in [0.2, 0.25) is 0 Å². The van der Waals surface area contributed by atoms with Crippen LogP contribution in [-0.2, 0) is 22.4 Å². The number of aryl methyl sites for hydroxylation is 2. The molecule has 0 bridgehead atoms. The number of hydrogen-bond donors (Lipinski definition) is 3. The fraction of sp³-hybridized carbons (Fsp3) is 0.400. The molecule has 18 heavy (non-hydrogen) atoms. The summed E-state index contributed by atoms with van der Waals surface area (Å²) in [5, 5.41) is 5.25. The molecule has 6 nitrogen and oxygen atoms in total. The van der Waals surface area contributed by atoms with Crippen molar-refractivity contribution >= 4 is 45.5 Å². The van der Waals surface area contributed by atoms with Gasteiger partial charge in [0.25, 0.3) is 0 Å². The molecule has 1 aromatic rings. The Hall–Kier alpha value is -1.54. The zero-order valence-electron chi connectivity index (χ0n) is 9.49. The number of nitrogens with two attached hydrogens (primary N) is 1. The summed E-state index contributed by atoms with van der Waals surface area (Å²) < 4.78 is 0. The third kappa shape index (κ3) is 3.02. The lowest BCUT2D eigenvalue weighted by Gasteiger charge is -2.03. The summed E-state index contributed by atoms with van der Waals surface area (Å²) in [7, 11) is 0. The van der Waals surface area contributed by atoms with E-state index in [0.717, 1.165) is 25.0 Å². The van der Waals surface area contributed by atoms with Gasteiger partial charge in [0, 0.05) is 4.88 Å². The van der Waals surface area contributed by atoms with E-state index < -0.39 is 11.8 Å². The van der Waals surface area contributed by atoms with E-state index in [4.69, 9.17) is 5.73 Å². The van der Waals surface area contributed by atoms with Crippen LogP contribution in [0.4, 0.5) is 5.13 Å². The molecule has 0 saturated carbocycles. The van der Waals surface area contributed by atoms with Gasteiger partial charge in [-0.2, -0.15) is 0 Å². The SMILES string of the molecule is NC(=S)CNC(=O)C(=O)Nc1nc2c(s1)CCC2. The number of hydrogen-bond acceptors (Lipinski definition) is 5. The van der Waals surface area contributed by atoms with Crippen LogP contribution in [0, 0.1) is 0 Å². The van der Waals surface area contributed by atoms with Gasteiger partial charge in [-0.15, -0.1) is 11.3 Å². The van der Waals surface area contributed by atoms with E-state index in [-0.39, 0.29) is 11.5 Å². The van der Waals surface area contributed by atoms with Crippen molar-refractivity contribution in [3.05, 3.63) is 10.6 Å². The van der Waals surface area contributed by atoms with Gasteiger partial charge >= 0.3 is 11.8 Å². The summed E-state index contributed by atoms with van der Waals surface area (Å²) in [5.74, 6) is -1.52. The van der Waals surface area contributed by atoms with Crippen molar-refractivity contribution in [2.75, 3.05) is 11.9 Å². The highest BCUT2D eigenvalue weighted by molar-refractivity contribution is 7.80. The van der Waals surface area contributed by atoms with Crippen molar-refractivity contribution in [2.24, 2.45) is 5.73 Å². The number of nitrogens with one attached hydrogen (secondary N) is 2. The number of aromatic nitrogens is 1. The summed E-state index contributed by atoms with van der Waals surface area (Å²) >= 11 is 6.01. The van der Waals surface area contributed by atoms with Crippen molar-refractivity contribution in [3.63, 3.8) is 0 Å². The molecule has 0 spiro atoms. The Morgan fingerprint density at radius 3 is 2.83 bits per heavy atom. The molecular weight excluding hydrogens is 272 g/mol. The molecule has 2 rings (SSSR count). The minimum Gasteiger partial charge on any atom is -0.392 e. The molecule has 0 unspecified atom stereocenters. The Kier molecular flexibility index (Phi) is 3.87. The number of carbonyl (C=O) groups excluding carboxylic acids is 2. The molecule has 4 N–H and O–H groups in total. The van der Waals surface area contributed by atoms with Gasteiger partial charge in [0.05, 0.1) is 17.2 Å². The van der Waals surface area contributed by atoms with E-state index in [0.29, 0.717) is 5.13 Å². The Bertz CT molecular complexity index is 490. The monoisotopic (exact) mass is 284 g/mol. The lowest BCUT2D eigenvalue weighted by molar-refractivity contribution is -0.135. The summed E-state index contributed by atoms with van der Waals surface area (Å²) in [6.07, 6.45) is 3.04. The predicted molar refractivity (Wildman–Crippen MR) is 72.6 cm³/mol. The van der Waals surface area contributed by atoms with Gasteiger partial charge in [-0.1, -0.05) is 12.2 Å². The van der Waals surface area contributed by atoms with Gasteiger partial charge in [-0.05, 0) is 19.3 Å². The van der Waals surface area contributed by atoms with E-state index in [1.54, 1.807) is 0 Å². The smallest absolute Gasteiger partial charge is 0.315 e. The molecular formula is C10H12N4O2S2. The lowest BCUT2D eigenvalue weighted by Crippen LogP contribution is -2.39. The molecule has 0 fully saturated rings. The normalized spacial score (nSPS) is 12.9. The fourth-order valence-electron chi connectivity index (χ4n) is 1.65. The first-order valence-corrected chi connectivity index (χ1v) is 6.65. The average molecular weight is 284 g/mol. The minimum atomic E-state index is -0.766. The molecule has 0 aliphatic heterocycles. The van der Waals surface area contributed by atoms with E-state index in [9.17, 15) is 9.59 Å².